The lowest BCUT2D eigenvalue weighted by molar-refractivity contribution is 0.0916. The first-order chi connectivity index (χ1) is 12.2. The Balaban J connectivity index is 1.56. The molecule has 0 aliphatic heterocycles. The average molecular weight is 355 g/mol. The van der Waals surface area contributed by atoms with Crippen LogP contribution in [-0.2, 0) is 12.8 Å². The van der Waals surface area contributed by atoms with Crippen molar-refractivity contribution in [1.29, 1.82) is 0 Å². The molecule has 2 heterocycles. The van der Waals surface area contributed by atoms with Gasteiger partial charge in [-0.25, -0.2) is 0 Å². The van der Waals surface area contributed by atoms with Crippen molar-refractivity contribution in [3.05, 3.63) is 58.2 Å². The van der Waals surface area contributed by atoms with Crippen LogP contribution in [0.1, 0.15) is 38.9 Å². The number of rotatable bonds is 5. The first-order valence-corrected chi connectivity index (χ1v) is 8.95. The van der Waals surface area contributed by atoms with Crippen LogP contribution in [-0.4, -0.2) is 37.8 Å². The van der Waals surface area contributed by atoms with Crippen LogP contribution in [0.5, 0.6) is 0 Å². The predicted molar refractivity (Wildman–Crippen MR) is 92.8 cm³/mol. The highest BCUT2D eigenvalue weighted by atomic mass is 32.1. The molecule has 0 bridgehead atoms. The van der Waals surface area contributed by atoms with Crippen LogP contribution in [0.25, 0.3) is 5.00 Å². The van der Waals surface area contributed by atoms with Gasteiger partial charge in [0.25, 0.3) is 5.91 Å². The number of aliphatic hydroxyl groups is 1. The third-order valence-electron chi connectivity index (χ3n) is 4.33. The van der Waals surface area contributed by atoms with Crippen molar-refractivity contribution in [2.75, 3.05) is 6.54 Å². The average Bonchev–Trinajstić information content (AvgIpc) is 3.35. The topological polar surface area (TPSA) is 92.9 Å². The maximum atomic E-state index is 12.8. The Kier molecular flexibility index (Phi) is 4.29. The van der Waals surface area contributed by atoms with Gasteiger partial charge in [-0.05, 0) is 40.8 Å². The van der Waals surface area contributed by atoms with E-state index in [1.807, 2.05) is 30.3 Å². The Labute approximate surface area is 148 Å². The van der Waals surface area contributed by atoms with Crippen LogP contribution >= 0.6 is 11.3 Å². The van der Waals surface area contributed by atoms with E-state index in [1.54, 1.807) is 11.3 Å². The molecule has 1 amide bonds. The molecule has 1 aromatic carbocycles. The standard InChI is InChI=1S/C17H17N5O2S/c23-13(11-5-2-1-3-6-11)9-18-16(24)15-12-7-4-8-14(12)25-17(15)22-10-19-20-21-22/h1-3,5-6,10,13,23H,4,7-9H2,(H,18,24)/t13-/m1/s1. The van der Waals surface area contributed by atoms with Crippen LogP contribution in [0, 0.1) is 0 Å². The molecule has 4 rings (SSSR count). The second-order valence-electron chi connectivity index (χ2n) is 5.93. The molecule has 0 spiro atoms. The van der Waals surface area contributed by atoms with Crippen molar-refractivity contribution in [1.82, 2.24) is 25.5 Å². The van der Waals surface area contributed by atoms with E-state index in [0.717, 1.165) is 35.4 Å². The summed E-state index contributed by atoms with van der Waals surface area (Å²) in [6.07, 6.45) is 3.68. The molecule has 1 atom stereocenters. The van der Waals surface area contributed by atoms with E-state index in [9.17, 15) is 9.90 Å². The molecule has 0 saturated heterocycles. The highest BCUT2D eigenvalue weighted by Crippen LogP contribution is 2.37. The normalized spacial score (nSPS) is 14.3. The quantitative estimate of drug-likeness (QED) is 0.726. The second kappa shape index (κ2) is 6.73. The van der Waals surface area contributed by atoms with Crippen molar-refractivity contribution in [3.63, 3.8) is 0 Å². The number of benzene rings is 1. The molecular formula is C17H17N5O2S. The highest BCUT2D eigenvalue weighted by molar-refractivity contribution is 7.15. The molecular weight excluding hydrogens is 338 g/mol. The van der Waals surface area contributed by atoms with E-state index < -0.39 is 6.10 Å². The van der Waals surface area contributed by atoms with Gasteiger partial charge in [0.05, 0.1) is 11.7 Å². The number of carbonyl (C=O) groups is 1. The van der Waals surface area contributed by atoms with Gasteiger partial charge in [-0.1, -0.05) is 30.3 Å². The number of aryl methyl sites for hydroxylation is 1. The van der Waals surface area contributed by atoms with Gasteiger partial charge in [0.15, 0.2) is 0 Å². The van der Waals surface area contributed by atoms with Crippen LogP contribution < -0.4 is 5.32 Å². The summed E-state index contributed by atoms with van der Waals surface area (Å²) in [5.41, 5.74) is 2.49. The van der Waals surface area contributed by atoms with Crippen LogP contribution in [0.3, 0.4) is 0 Å². The molecule has 8 heteroatoms. The Morgan fingerprint density at radius 2 is 2.16 bits per heavy atom. The highest BCUT2D eigenvalue weighted by Gasteiger charge is 2.28. The van der Waals surface area contributed by atoms with Gasteiger partial charge in [0.2, 0.25) is 0 Å². The van der Waals surface area contributed by atoms with Gasteiger partial charge in [-0.3, -0.25) is 4.79 Å². The molecule has 0 radical (unpaired) electrons. The number of nitrogens with zero attached hydrogens (tertiary/aromatic N) is 4. The fraction of sp³-hybridized carbons (Fsp3) is 0.294. The van der Waals surface area contributed by atoms with E-state index >= 15 is 0 Å². The Morgan fingerprint density at radius 3 is 2.92 bits per heavy atom. The monoisotopic (exact) mass is 355 g/mol. The summed E-state index contributed by atoms with van der Waals surface area (Å²) in [5, 5.41) is 25.1. The summed E-state index contributed by atoms with van der Waals surface area (Å²) < 4.78 is 1.53. The van der Waals surface area contributed by atoms with Crippen LogP contribution in [0.15, 0.2) is 36.7 Å². The summed E-state index contributed by atoms with van der Waals surface area (Å²) in [4.78, 5) is 14.0. The summed E-state index contributed by atoms with van der Waals surface area (Å²) in [6.45, 7) is 0.155. The number of tetrazole rings is 1. The third kappa shape index (κ3) is 3.06. The maximum absolute atomic E-state index is 12.8. The summed E-state index contributed by atoms with van der Waals surface area (Å²) in [6, 6.07) is 9.29. The van der Waals surface area contributed by atoms with E-state index in [-0.39, 0.29) is 12.5 Å². The number of aromatic nitrogens is 4. The van der Waals surface area contributed by atoms with E-state index in [1.165, 1.54) is 15.9 Å². The first-order valence-electron chi connectivity index (χ1n) is 8.13. The Hall–Kier alpha value is -2.58. The minimum absolute atomic E-state index is 0.155. The van der Waals surface area contributed by atoms with E-state index in [2.05, 4.69) is 20.8 Å². The molecule has 7 nitrogen and oxygen atoms in total. The zero-order chi connectivity index (χ0) is 17.2. The van der Waals surface area contributed by atoms with Crippen molar-refractivity contribution < 1.29 is 9.90 Å². The van der Waals surface area contributed by atoms with Crippen molar-refractivity contribution in [2.45, 2.75) is 25.4 Å². The zero-order valence-electron chi connectivity index (χ0n) is 13.4. The van der Waals surface area contributed by atoms with E-state index in [0.29, 0.717) is 5.56 Å². The second-order valence-corrected chi connectivity index (χ2v) is 7.01. The summed E-state index contributed by atoms with van der Waals surface area (Å²) in [7, 11) is 0. The molecule has 2 aromatic heterocycles. The number of aliphatic hydroxyl groups excluding tert-OH is 1. The Bertz CT molecular complexity index is 876. The fourth-order valence-electron chi connectivity index (χ4n) is 3.11. The Morgan fingerprint density at radius 1 is 1.32 bits per heavy atom. The number of thiophene rings is 1. The molecule has 0 fully saturated rings. The van der Waals surface area contributed by atoms with Gasteiger partial charge in [-0.15, -0.1) is 16.4 Å². The molecule has 1 aliphatic carbocycles. The molecule has 25 heavy (non-hydrogen) atoms. The van der Waals surface area contributed by atoms with Gasteiger partial charge >= 0.3 is 0 Å². The lowest BCUT2D eigenvalue weighted by atomic mass is 10.1. The lowest BCUT2D eigenvalue weighted by Gasteiger charge is -2.13. The SMILES string of the molecule is O=C(NC[C@@H](O)c1ccccc1)c1c(-n2cnnn2)sc2c1CCC2. The van der Waals surface area contributed by atoms with Gasteiger partial charge < -0.3 is 10.4 Å². The van der Waals surface area contributed by atoms with Crippen molar-refractivity contribution in [3.8, 4) is 5.00 Å². The van der Waals surface area contributed by atoms with E-state index in [4.69, 9.17) is 0 Å². The first kappa shape index (κ1) is 15.9. The molecule has 1 aliphatic rings. The fourth-order valence-corrected chi connectivity index (χ4v) is 4.41. The molecule has 128 valence electrons. The van der Waals surface area contributed by atoms with Crippen molar-refractivity contribution in [2.24, 2.45) is 0 Å². The minimum Gasteiger partial charge on any atom is -0.387 e. The summed E-state index contributed by atoms with van der Waals surface area (Å²) in [5.74, 6) is -0.195. The molecule has 2 N–H and O–H groups in total. The molecule has 0 unspecified atom stereocenters. The number of hydrogen-bond acceptors (Lipinski definition) is 6. The number of nitrogens with one attached hydrogen (secondary N) is 1. The minimum atomic E-state index is -0.742. The maximum Gasteiger partial charge on any atom is 0.254 e. The third-order valence-corrected chi connectivity index (χ3v) is 5.61. The zero-order valence-corrected chi connectivity index (χ0v) is 14.2. The van der Waals surface area contributed by atoms with Crippen LogP contribution in [0.2, 0.25) is 0 Å². The number of amides is 1. The summed E-state index contributed by atoms with van der Waals surface area (Å²) >= 11 is 1.56. The van der Waals surface area contributed by atoms with Gasteiger partial charge in [-0.2, -0.15) is 4.68 Å². The lowest BCUT2D eigenvalue weighted by Crippen LogP contribution is -2.29. The number of fused-ring (bicyclic) bond motifs is 1. The smallest absolute Gasteiger partial charge is 0.254 e. The van der Waals surface area contributed by atoms with Gasteiger partial charge in [0.1, 0.15) is 11.3 Å². The number of hydrogen-bond donors (Lipinski definition) is 2. The number of carbonyl (C=O) groups excluding carboxylic acids is 1. The van der Waals surface area contributed by atoms with Crippen molar-refractivity contribution >= 4 is 17.2 Å². The van der Waals surface area contributed by atoms with Gasteiger partial charge in [0, 0.05) is 11.4 Å². The molecule has 0 saturated carbocycles. The van der Waals surface area contributed by atoms with Crippen LogP contribution in [0.4, 0.5) is 0 Å². The predicted octanol–water partition coefficient (Wildman–Crippen LogP) is 1.68. The molecule has 3 aromatic rings. The largest absolute Gasteiger partial charge is 0.387 e.